The van der Waals surface area contributed by atoms with Crippen LogP contribution in [-0.4, -0.2) is 30.1 Å². The van der Waals surface area contributed by atoms with Crippen molar-refractivity contribution in [3.8, 4) is 0 Å². The van der Waals surface area contributed by atoms with Gasteiger partial charge in [-0.15, -0.1) is 0 Å². The molecule has 1 aliphatic heterocycles. The maximum Gasteiger partial charge on any atom is 0.128 e. The minimum absolute atomic E-state index is 0.0647. The van der Waals surface area contributed by atoms with E-state index >= 15 is 0 Å². The molecule has 0 spiro atoms. The number of rotatable bonds is 1. The molecule has 3 atom stereocenters. The summed E-state index contributed by atoms with van der Waals surface area (Å²) in [4.78, 5) is 0. The standard InChI is InChI=1S/C6H11FO2.C2H6/c1-4-6(7)2-5(3-8)9-4;1-2/h4-6,8H,2-3H2,1H3;1-2H3. The first-order chi connectivity index (χ1) is 5.24. The van der Waals surface area contributed by atoms with Crippen LogP contribution in [0.4, 0.5) is 4.39 Å². The Morgan fingerprint density at radius 3 is 2.27 bits per heavy atom. The molecule has 1 rings (SSSR count). The zero-order valence-corrected chi connectivity index (χ0v) is 7.38. The van der Waals surface area contributed by atoms with Gasteiger partial charge in [0.25, 0.3) is 0 Å². The number of alkyl halides is 1. The van der Waals surface area contributed by atoms with Crippen molar-refractivity contribution in [3.63, 3.8) is 0 Å². The molecule has 0 aromatic rings. The summed E-state index contributed by atoms with van der Waals surface area (Å²) in [5.41, 5.74) is 0. The molecule has 0 radical (unpaired) electrons. The average molecular weight is 164 g/mol. The van der Waals surface area contributed by atoms with Crippen molar-refractivity contribution in [1.29, 1.82) is 0 Å². The van der Waals surface area contributed by atoms with Crippen molar-refractivity contribution < 1.29 is 14.2 Å². The van der Waals surface area contributed by atoms with Gasteiger partial charge in [0.2, 0.25) is 0 Å². The highest BCUT2D eigenvalue weighted by Crippen LogP contribution is 2.21. The van der Waals surface area contributed by atoms with Gasteiger partial charge in [-0.1, -0.05) is 13.8 Å². The van der Waals surface area contributed by atoms with Crippen LogP contribution >= 0.6 is 0 Å². The Morgan fingerprint density at radius 2 is 2.09 bits per heavy atom. The second kappa shape index (κ2) is 5.49. The van der Waals surface area contributed by atoms with Crippen LogP contribution in [-0.2, 0) is 4.74 Å². The third kappa shape index (κ3) is 3.16. The number of aliphatic hydroxyl groups excluding tert-OH is 1. The maximum absolute atomic E-state index is 12.5. The summed E-state index contributed by atoms with van der Waals surface area (Å²) in [6, 6.07) is 0. The molecule has 1 saturated heterocycles. The molecule has 0 amide bonds. The highest BCUT2D eigenvalue weighted by atomic mass is 19.1. The Labute approximate surface area is 67.4 Å². The van der Waals surface area contributed by atoms with Gasteiger partial charge >= 0.3 is 0 Å². The quantitative estimate of drug-likeness (QED) is 0.636. The molecule has 1 fully saturated rings. The number of aliphatic hydroxyl groups is 1. The smallest absolute Gasteiger partial charge is 0.128 e. The van der Waals surface area contributed by atoms with Crippen LogP contribution in [0.25, 0.3) is 0 Å². The molecule has 11 heavy (non-hydrogen) atoms. The molecule has 68 valence electrons. The van der Waals surface area contributed by atoms with Gasteiger partial charge in [-0.05, 0) is 6.92 Å². The van der Waals surface area contributed by atoms with Gasteiger partial charge in [-0.25, -0.2) is 4.39 Å². The maximum atomic E-state index is 12.5. The van der Waals surface area contributed by atoms with Crippen molar-refractivity contribution in [3.05, 3.63) is 0 Å². The van der Waals surface area contributed by atoms with Crippen LogP contribution in [0.5, 0.6) is 0 Å². The molecule has 3 heteroatoms. The molecule has 0 saturated carbocycles. The fraction of sp³-hybridized carbons (Fsp3) is 1.00. The van der Waals surface area contributed by atoms with E-state index in [-0.39, 0.29) is 18.8 Å². The van der Waals surface area contributed by atoms with E-state index in [1.54, 1.807) is 6.92 Å². The van der Waals surface area contributed by atoms with Crippen molar-refractivity contribution in [2.45, 2.75) is 45.6 Å². The second-order valence-electron chi connectivity index (χ2n) is 2.40. The van der Waals surface area contributed by atoms with Crippen LogP contribution in [0.2, 0.25) is 0 Å². The van der Waals surface area contributed by atoms with E-state index in [9.17, 15) is 4.39 Å². The summed E-state index contributed by atoms with van der Waals surface area (Å²) in [5, 5.41) is 8.51. The number of hydrogen-bond donors (Lipinski definition) is 1. The predicted molar refractivity (Wildman–Crippen MR) is 42.3 cm³/mol. The lowest BCUT2D eigenvalue weighted by Crippen LogP contribution is -2.12. The van der Waals surface area contributed by atoms with Crippen LogP contribution in [0.15, 0.2) is 0 Å². The summed E-state index contributed by atoms with van der Waals surface area (Å²) in [7, 11) is 0. The normalized spacial score (nSPS) is 36.3. The van der Waals surface area contributed by atoms with Crippen LogP contribution < -0.4 is 0 Å². The largest absolute Gasteiger partial charge is 0.394 e. The van der Waals surface area contributed by atoms with Gasteiger partial charge in [0.05, 0.1) is 18.8 Å². The van der Waals surface area contributed by atoms with E-state index in [1.807, 2.05) is 13.8 Å². The molecule has 1 aliphatic rings. The number of ether oxygens (including phenoxy) is 1. The average Bonchev–Trinajstić information content (AvgIpc) is 2.36. The highest BCUT2D eigenvalue weighted by molar-refractivity contribution is 4.78. The van der Waals surface area contributed by atoms with Crippen LogP contribution in [0.1, 0.15) is 27.2 Å². The fourth-order valence-electron chi connectivity index (χ4n) is 1.00. The Bertz CT molecular complexity index is 88.1. The lowest BCUT2D eigenvalue weighted by molar-refractivity contribution is 0.0110. The first kappa shape index (κ1) is 10.8. The van der Waals surface area contributed by atoms with E-state index in [4.69, 9.17) is 9.84 Å². The van der Waals surface area contributed by atoms with Gasteiger partial charge in [0, 0.05) is 6.42 Å². The Hall–Kier alpha value is -0.150. The molecule has 0 aromatic carbocycles. The molecule has 1 N–H and O–H groups in total. The topological polar surface area (TPSA) is 29.5 Å². The summed E-state index contributed by atoms with van der Waals surface area (Å²) in [6.45, 7) is 5.62. The summed E-state index contributed by atoms with van der Waals surface area (Å²) >= 11 is 0. The second-order valence-corrected chi connectivity index (χ2v) is 2.40. The lowest BCUT2D eigenvalue weighted by Gasteiger charge is -2.05. The summed E-state index contributed by atoms with van der Waals surface area (Å²) < 4.78 is 17.5. The minimum Gasteiger partial charge on any atom is -0.394 e. The zero-order valence-electron chi connectivity index (χ0n) is 7.38. The Kier molecular flexibility index (Phi) is 5.42. The fourth-order valence-corrected chi connectivity index (χ4v) is 1.00. The monoisotopic (exact) mass is 164 g/mol. The predicted octanol–water partition coefficient (Wildman–Crippen LogP) is 1.52. The van der Waals surface area contributed by atoms with E-state index in [0.29, 0.717) is 6.42 Å². The highest BCUT2D eigenvalue weighted by Gasteiger charge is 2.31. The summed E-state index contributed by atoms with van der Waals surface area (Å²) in [5.74, 6) is 0. The Morgan fingerprint density at radius 1 is 1.55 bits per heavy atom. The molecular formula is C8H17FO2. The molecule has 0 aliphatic carbocycles. The third-order valence-electron chi connectivity index (χ3n) is 1.61. The minimum atomic E-state index is -0.887. The van der Waals surface area contributed by atoms with Gasteiger partial charge < -0.3 is 9.84 Å². The van der Waals surface area contributed by atoms with Gasteiger partial charge in [0.15, 0.2) is 0 Å². The third-order valence-corrected chi connectivity index (χ3v) is 1.61. The molecule has 3 unspecified atom stereocenters. The van der Waals surface area contributed by atoms with E-state index in [1.165, 1.54) is 0 Å². The first-order valence-corrected chi connectivity index (χ1v) is 4.14. The molecule has 0 aromatic heterocycles. The molecular weight excluding hydrogens is 147 g/mol. The summed E-state index contributed by atoms with van der Waals surface area (Å²) in [6.07, 6.45) is -1.14. The van der Waals surface area contributed by atoms with Gasteiger partial charge in [0.1, 0.15) is 6.17 Å². The molecule has 0 bridgehead atoms. The van der Waals surface area contributed by atoms with Gasteiger partial charge in [-0.2, -0.15) is 0 Å². The molecule has 2 nitrogen and oxygen atoms in total. The van der Waals surface area contributed by atoms with Crippen LogP contribution in [0, 0.1) is 0 Å². The first-order valence-electron chi connectivity index (χ1n) is 4.14. The van der Waals surface area contributed by atoms with Gasteiger partial charge in [-0.3, -0.25) is 0 Å². The molecule has 1 heterocycles. The Balaban J connectivity index is 0.000000461. The van der Waals surface area contributed by atoms with Crippen LogP contribution in [0.3, 0.4) is 0 Å². The van der Waals surface area contributed by atoms with Crippen molar-refractivity contribution >= 4 is 0 Å². The number of hydrogen-bond acceptors (Lipinski definition) is 2. The van der Waals surface area contributed by atoms with E-state index in [2.05, 4.69) is 0 Å². The SMILES string of the molecule is CC.CC1OC(CO)CC1F. The van der Waals surface area contributed by atoms with Crippen molar-refractivity contribution in [1.82, 2.24) is 0 Å². The van der Waals surface area contributed by atoms with Crippen molar-refractivity contribution in [2.24, 2.45) is 0 Å². The van der Waals surface area contributed by atoms with E-state index in [0.717, 1.165) is 0 Å². The lowest BCUT2D eigenvalue weighted by atomic mass is 10.2. The zero-order chi connectivity index (χ0) is 8.85. The van der Waals surface area contributed by atoms with E-state index < -0.39 is 6.17 Å². The van der Waals surface area contributed by atoms with Crippen molar-refractivity contribution in [2.75, 3.05) is 6.61 Å². The number of halogens is 1.